The van der Waals surface area contributed by atoms with E-state index in [1.165, 1.54) is 24.3 Å². The maximum Gasteiger partial charge on any atom is 0.251 e. The molecule has 0 fully saturated rings. The molecule has 9 heteroatoms. The second-order valence-corrected chi connectivity index (χ2v) is 10.8. The van der Waals surface area contributed by atoms with Crippen LogP contribution >= 0.6 is 0 Å². The zero-order valence-corrected chi connectivity index (χ0v) is 20.7. The third-order valence-corrected chi connectivity index (χ3v) is 7.63. The highest BCUT2D eigenvalue weighted by atomic mass is 32.2. The van der Waals surface area contributed by atoms with E-state index in [1.54, 1.807) is 32.0 Å². The fraction of sp³-hybridized carbons (Fsp3) is 0.259. The lowest BCUT2D eigenvalue weighted by atomic mass is 9.86. The predicted molar refractivity (Wildman–Crippen MR) is 134 cm³/mol. The predicted octanol–water partition coefficient (Wildman–Crippen LogP) is 3.08. The van der Waals surface area contributed by atoms with Crippen LogP contribution in [0.5, 0.6) is 5.75 Å². The van der Waals surface area contributed by atoms with Crippen molar-refractivity contribution in [3.63, 3.8) is 0 Å². The molecule has 2 atom stereocenters. The molecule has 36 heavy (non-hydrogen) atoms. The third kappa shape index (κ3) is 5.26. The smallest absolute Gasteiger partial charge is 0.251 e. The number of nitrogens with zero attached hydrogens (tertiary/aromatic N) is 1. The zero-order chi connectivity index (χ0) is 25.9. The summed E-state index contributed by atoms with van der Waals surface area (Å²) >= 11 is 0. The molecule has 1 amide bonds. The van der Waals surface area contributed by atoms with Crippen LogP contribution in [0.2, 0.25) is 0 Å². The molecule has 0 bridgehead atoms. The van der Waals surface area contributed by atoms with Gasteiger partial charge in [-0.15, -0.1) is 0 Å². The summed E-state index contributed by atoms with van der Waals surface area (Å²) in [5.74, 6) is 0.0249. The number of fused-ring (bicyclic) bond motifs is 1. The Balaban J connectivity index is 1.61. The number of hydrogen-bond donors (Lipinski definition) is 3. The Hall–Kier alpha value is -3.71. The van der Waals surface area contributed by atoms with Crippen LogP contribution in [-0.4, -0.2) is 37.7 Å². The van der Waals surface area contributed by atoms with E-state index in [4.69, 9.17) is 4.74 Å². The van der Waals surface area contributed by atoms with Gasteiger partial charge < -0.3 is 15.2 Å². The first-order valence-corrected chi connectivity index (χ1v) is 13.0. The van der Waals surface area contributed by atoms with E-state index in [1.807, 2.05) is 36.4 Å². The molecule has 1 aliphatic rings. The Morgan fingerprint density at radius 1 is 1.08 bits per heavy atom. The number of rotatable bonds is 7. The summed E-state index contributed by atoms with van der Waals surface area (Å²) in [6, 6.07) is 21.1. The number of aliphatic hydroxyl groups excluding tert-OH is 1. The van der Waals surface area contributed by atoms with Crippen LogP contribution in [0.1, 0.15) is 46.9 Å². The summed E-state index contributed by atoms with van der Waals surface area (Å²) in [7, 11) is -4.19. The molecule has 8 nitrogen and oxygen atoms in total. The van der Waals surface area contributed by atoms with E-state index >= 15 is 0 Å². The summed E-state index contributed by atoms with van der Waals surface area (Å²) in [6.45, 7) is 3.72. The van der Waals surface area contributed by atoms with Crippen LogP contribution < -0.4 is 14.8 Å². The number of nitrogens with one attached hydrogen (secondary N) is 2. The first-order chi connectivity index (χ1) is 17.1. The lowest BCUT2D eigenvalue weighted by Crippen LogP contribution is -2.53. The molecule has 0 spiro atoms. The summed E-state index contributed by atoms with van der Waals surface area (Å²) < 4.78 is 35.0. The standard InChI is InChI=1S/C27H27N3O5S/c1-27(2)25(31)24(30-36(33,34)23-11-7-6-10-20(23)17-28)21-16-19(12-13-22(21)35-27)26(32)29-15-14-18-8-4-3-5-9-18/h3-13,16,24-25,30-31H,14-15H2,1-2H3,(H,29,32). The number of carbonyl (C=O) groups is 1. The van der Waals surface area contributed by atoms with Crippen LogP contribution in [0.25, 0.3) is 0 Å². The SMILES string of the molecule is CC1(C)Oc2ccc(C(=O)NCCc3ccccc3)cc2C(NS(=O)(=O)c2ccccc2C#N)C1O. The highest BCUT2D eigenvalue weighted by molar-refractivity contribution is 7.89. The number of nitriles is 1. The van der Waals surface area contributed by atoms with Gasteiger partial charge in [-0.2, -0.15) is 5.26 Å². The average Bonchev–Trinajstić information content (AvgIpc) is 2.87. The molecule has 186 valence electrons. The molecule has 1 heterocycles. The van der Waals surface area contributed by atoms with Crippen molar-refractivity contribution in [1.82, 2.24) is 10.0 Å². The van der Waals surface area contributed by atoms with Crippen molar-refractivity contribution < 1.29 is 23.1 Å². The van der Waals surface area contributed by atoms with E-state index in [0.717, 1.165) is 5.56 Å². The molecule has 4 rings (SSSR count). The minimum atomic E-state index is -4.19. The van der Waals surface area contributed by atoms with Gasteiger partial charge in [-0.05, 0) is 56.2 Å². The van der Waals surface area contributed by atoms with Crippen LogP contribution in [-0.2, 0) is 16.4 Å². The monoisotopic (exact) mass is 505 g/mol. The molecule has 0 saturated carbocycles. The van der Waals surface area contributed by atoms with Gasteiger partial charge in [0.05, 0.1) is 16.5 Å². The van der Waals surface area contributed by atoms with Crippen molar-refractivity contribution in [2.24, 2.45) is 0 Å². The molecule has 0 saturated heterocycles. The average molecular weight is 506 g/mol. The molecule has 3 aromatic carbocycles. The van der Waals surface area contributed by atoms with Crippen LogP contribution in [0, 0.1) is 11.3 Å². The van der Waals surface area contributed by atoms with E-state index in [-0.39, 0.29) is 16.4 Å². The van der Waals surface area contributed by atoms with Gasteiger partial charge in [0.15, 0.2) is 0 Å². The van der Waals surface area contributed by atoms with Crippen LogP contribution in [0.4, 0.5) is 0 Å². The lowest BCUT2D eigenvalue weighted by Gasteiger charge is -2.42. The summed E-state index contributed by atoms with van der Waals surface area (Å²) in [4.78, 5) is 12.6. The number of hydrogen-bond acceptors (Lipinski definition) is 6. The molecule has 0 aliphatic carbocycles. The van der Waals surface area contributed by atoms with Gasteiger partial charge in [0.2, 0.25) is 10.0 Å². The molecule has 0 radical (unpaired) electrons. The van der Waals surface area contributed by atoms with Crippen molar-refractivity contribution in [2.75, 3.05) is 6.54 Å². The molecule has 2 unspecified atom stereocenters. The van der Waals surface area contributed by atoms with Crippen LogP contribution in [0.3, 0.4) is 0 Å². The summed E-state index contributed by atoms with van der Waals surface area (Å²) in [5.41, 5.74) is 0.593. The van der Waals surface area contributed by atoms with E-state index in [9.17, 15) is 23.6 Å². The van der Waals surface area contributed by atoms with Gasteiger partial charge in [-0.3, -0.25) is 4.79 Å². The second-order valence-electron chi connectivity index (χ2n) is 9.10. The fourth-order valence-electron chi connectivity index (χ4n) is 4.16. The highest BCUT2D eigenvalue weighted by Crippen LogP contribution is 2.41. The zero-order valence-electron chi connectivity index (χ0n) is 19.9. The lowest BCUT2D eigenvalue weighted by molar-refractivity contribution is -0.0603. The maximum absolute atomic E-state index is 13.2. The molecular formula is C27H27N3O5S. The number of carbonyl (C=O) groups excluding carboxylic acids is 1. The topological polar surface area (TPSA) is 129 Å². The van der Waals surface area contributed by atoms with Gasteiger partial charge >= 0.3 is 0 Å². The molecular weight excluding hydrogens is 478 g/mol. The number of amides is 1. The molecule has 3 N–H and O–H groups in total. The van der Waals surface area contributed by atoms with Crippen molar-refractivity contribution in [2.45, 2.75) is 42.9 Å². The normalized spacial score (nSPS) is 18.4. The van der Waals surface area contributed by atoms with Crippen molar-refractivity contribution in [1.29, 1.82) is 5.26 Å². The van der Waals surface area contributed by atoms with Gasteiger partial charge in [0.1, 0.15) is 23.5 Å². The minimum Gasteiger partial charge on any atom is -0.485 e. The Bertz CT molecular complexity index is 1410. The third-order valence-electron chi connectivity index (χ3n) is 6.13. The minimum absolute atomic E-state index is 0.0161. The largest absolute Gasteiger partial charge is 0.485 e. The fourth-order valence-corrected chi connectivity index (χ4v) is 5.54. The first kappa shape index (κ1) is 25.4. The maximum atomic E-state index is 13.2. The number of sulfonamides is 1. The highest BCUT2D eigenvalue weighted by Gasteiger charge is 2.45. The van der Waals surface area contributed by atoms with Gasteiger partial charge in [0, 0.05) is 17.7 Å². The van der Waals surface area contributed by atoms with Gasteiger partial charge in [0.25, 0.3) is 5.91 Å². The number of benzene rings is 3. The second kappa shape index (κ2) is 10.1. The van der Waals surface area contributed by atoms with Gasteiger partial charge in [-0.1, -0.05) is 42.5 Å². The summed E-state index contributed by atoms with van der Waals surface area (Å²) in [5, 5.41) is 23.3. The summed E-state index contributed by atoms with van der Waals surface area (Å²) in [6.07, 6.45) is -0.612. The molecule has 0 aromatic heterocycles. The quantitative estimate of drug-likeness (QED) is 0.453. The van der Waals surface area contributed by atoms with E-state index < -0.39 is 27.8 Å². The van der Waals surface area contributed by atoms with Gasteiger partial charge in [-0.25, -0.2) is 13.1 Å². The van der Waals surface area contributed by atoms with E-state index in [0.29, 0.717) is 29.8 Å². The Morgan fingerprint density at radius 3 is 2.50 bits per heavy atom. The van der Waals surface area contributed by atoms with Crippen molar-refractivity contribution in [3.8, 4) is 11.8 Å². The Labute approximate surface area is 210 Å². The Kier molecular flexibility index (Phi) is 7.13. The van der Waals surface area contributed by atoms with Crippen LogP contribution in [0.15, 0.2) is 77.7 Å². The van der Waals surface area contributed by atoms with Crippen molar-refractivity contribution in [3.05, 3.63) is 95.1 Å². The number of aliphatic hydroxyl groups is 1. The number of ether oxygens (including phenoxy) is 1. The molecule has 3 aromatic rings. The molecule has 1 aliphatic heterocycles. The Morgan fingerprint density at radius 2 is 1.78 bits per heavy atom. The van der Waals surface area contributed by atoms with E-state index in [2.05, 4.69) is 10.0 Å². The van der Waals surface area contributed by atoms with Crippen molar-refractivity contribution >= 4 is 15.9 Å². The first-order valence-electron chi connectivity index (χ1n) is 11.5.